The van der Waals surface area contributed by atoms with E-state index in [-0.39, 0.29) is 17.4 Å². The highest BCUT2D eigenvalue weighted by Crippen LogP contribution is 2.35. The van der Waals surface area contributed by atoms with Crippen LogP contribution in [0.1, 0.15) is 76.1 Å². The fourth-order valence-corrected chi connectivity index (χ4v) is 4.34. The molecular weight excluding hydrogens is 364 g/mol. The Morgan fingerprint density at radius 1 is 1.07 bits per heavy atom. The number of rotatable bonds is 8. The first kappa shape index (κ1) is 20.5. The molecule has 6 heteroatoms. The van der Waals surface area contributed by atoms with Crippen LogP contribution in [0.25, 0.3) is 0 Å². The van der Waals surface area contributed by atoms with E-state index in [9.17, 15) is 9.59 Å². The van der Waals surface area contributed by atoms with Gasteiger partial charge in [-0.25, -0.2) is 0 Å². The first-order chi connectivity index (χ1) is 13.8. The summed E-state index contributed by atoms with van der Waals surface area (Å²) in [4.78, 5) is 27.5. The van der Waals surface area contributed by atoms with Gasteiger partial charge in [-0.15, -0.1) is 0 Å². The molecule has 29 heavy (non-hydrogen) atoms. The maximum absolute atomic E-state index is 12.7. The number of nitrogens with zero attached hydrogens (tertiary/aromatic N) is 2. The van der Waals surface area contributed by atoms with Crippen LogP contribution in [-0.2, 0) is 10.3 Å². The van der Waals surface area contributed by atoms with Gasteiger partial charge >= 0.3 is 0 Å². The van der Waals surface area contributed by atoms with Gasteiger partial charge in [-0.2, -0.15) is 0 Å². The second-order valence-electron chi connectivity index (χ2n) is 10.3. The normalized spacial score (nSPS) is 25.2. The molecular formula is C23H36N4O2. The molecule has 160 valence electrons. The third-order valence-corrected chi connectivity index (χ3v) is 6.53. The molecule has 0 radical (unpaired) electrons. The Labute approximate surface area is 174 Å². The molecule has 2 aliphatic carbocycles. The first-order valence-electron chi connectivity index (χ1n) is 11.3. The van der Waals surface area contributed by atoms with Gasteiger partial charge in [0, 0.05) is 55.6 Å². The smallest absolute Gasteiger partial charge is 0.252 e. The summed E-state index contributed by atoms with van der Waals surface area (Å²) < 4.78 is 2.07. The highest BCUT2D eigenvalue weighted by Gasteiger charge is 2.38. The average molecular weight is 401 g/mol. The van der Waals surface area contributed by atoms with Crippen LogP contribution in [0.2, 0.25) is 0 Å². The Bertz CT molecular complexity index is 742. The maximum Gasteiger partial charge on any atom is 0.252 e. The Morgan fingerprint density at radius 2 is 1.79 bits per heavy atom. The third kappa shape index (κ3) is 5.41. The van der Waals surface area contributed by atoms with Crippen molar-refractivity contribution in [3.8, 4) is 0 Å². The molecule has 2 amide bonds. The topological polar surface area (TPSA) is 66.4 Å². The van der Waals surface area contributed by atoms with Crippen LogP contribution in [0.15, 0.2) is 18.5 Å². The molecule has 1 aromatic heterocycles. The van der Waals surface area contributed by atoms with Crippen LogP contribution >= 0.6 is 0 Å². The Kier molecular flexibility index (Phi) is 5.74. The molecule has 3 aliphatic rings. The molecule has 0 aromatic carbocycles. The van der Waals surface area contributed by atoms with Crippen LogP contribution in [0.4, 0.5) is 0 Å². The molecule has 6 nitrogen and oxygen atoms in total. The maximum atomic E-state index is 12.7. The zero-order chi connectivity index (χ0) is 20.6. The van der Waals surface area contributed by atoms with Crippen molar-refractivity contribution in [3.63, 3.8) is 0 Å². The number of hydrogen-bond acceptors (Lipinski definition) is 3. The summed E-state index contributed by atoms with van der Waals surface area (Å²) in [6.45, 7) is 8.11. The number of aromatic nitrogens is 1. The molecule has 2 N–H and O–H groups in total. The van der Waals surface area contributed by atoms with Gasteiger partial charge < -0.3 is 15.2 Å². The minimum atomic E-state index is -0.0285. The second kappa shape index (κ2) is 8.13. The second-order valence-corrected chi connectivity index (χ2v) is 10.3. The number of carbonyl (C=O) groups excluding carboxylic acids is 2. The molecule has 1 aromatic rings. The molecule has 0 bridgehead atoms. The predicted octanol–water partition coefficient (Wildman–Crippen LogP) is 2.88. The van der Waals surface area contributed by atoms with Gasteiger partial charge in [-0.1, -0.05) is 0 Å². The highest BCUT2D eigenvalue weighted by atomic mass is 16.2. The standard InChI is InChI=1S/C23H36N4O2/c1-23(2,3)26-11-10-17(15-26)22(29)24-13-20-9-8-19(27(20)14-16-4-5-16)12-21(28)25-18-6-7-18/h10-11,15-16,18-20H,4-9,12-14H2,1-3H3,(H,24,29)(H,25,28)/t19-,20+/m1/s1. The van der Waals surface area contributed by atoms with Gasteiger partial charge in [-0.3, -0.25) is 14.5 Å². The fraction of sp³-hybridized carbons (Fsp3) is 0.739. The summed E-state index contributed by atoms with van der Waals surface area (Å²) in [6, 6.07) is 2.97. The van der Waals surface area contributed by atoms with Crippen molar-refractivity contribution in [2.24, 2.45) is 5.92 Å². The monoisotopic (exact) mass is 400 g/mol. The summed E-state index contributed by atoms with van der Waals surface area (Å²) in [6.07, 6.45) is 11.5. The lowest BCUT2D eigenvalue weighted by atomic mass is 10.1. The minimum absolute atomic E-state index is 0.00528. The average Bonchev–Trinajstić information content (AvgIpc) is 3.55. The van der Waals surface area contributed by atoms with E-state index < -0.39 is 0 Å². The fourth-order valence-electron chi connectivity index (χ4n) is 4.34. The van der Waals surface area contributed by atoms with E-state index in [0.717, 1.165) is 38.1 Å². The van der Waals surface area contributed by atoms with Crippen molar-refractivity contribution in [2.75, 3.05) is 13.1 Å². The van der Waals surface area contributed by atoms with Crippen LogP contribution in [0.5, 0.6) is 0 Å². The Morgan fingerprint density at radius 3 is 2.41 bits per heavy atom. The Balaban J connectivity index is 1.32. The summed E-state index contributed by atoms with van der Waals surface area (Å²) >= 11 is 0. The van der Waals surface area contributed by atoms with Gasteiger partial charge in [-0.05, 0) is 71.3 Å². The zero-order valence-electron chi connectivity index (χ0n) is 18.1. The molecule has 0 spiro atoms. The number of hydrogen-bond donors (Lipinski definition) is 2. The van der Waals surface area contributed by atoms with E-state index in [2.05, 4.69) is 40.9 Å². The zero-order valence-corrected chi connectivity index (χ0v) is 18.1. The van der Waals surface area contributed by atoms with E-state index in [1.54, 1.807) is 0 Å². The third-order valence-electron chi connectivity index (χ3n) is 6.53. The van der Waals surface area contributed by atoms with E-state index in [4.69, 9.17) is 0 Å². The highest BCUT2D eigenvalue weighted by molar-refractivity contribution is 5.94. The van der Waals surface area contributed by atoms with Gasteiger partial charge in [0.2, 0.25) is 5.91 Å². The summed E-state index contributed by atoms with van der Waals surface area (Å²) in [5.74, 6) is 0.974. The van der Waals surface area contributed by atoms with Gasteiger partial charge in [0.1, 0.15) is 0 Å². The van der Waals surface area contributed by atoms with Crippen LogP contribution in [0.3, 0.4) is 0 Å². The number of amides is 2. The number of nitrogens with one attached hydrogen (secondary N) is 2. The quantitative estimate of drug-likeness (QED) is 0.705. The van der Waals surface area contributed by atoms with Crippen LogP contribution in [-0.4, -0.2) is 52.5 Å². The lowest BCUT2D eigenvalue weighted by molar-refractivity contribution is -0.122. The van der Waals surface area contributed by atoms with Crippen molar-refractivity contribution in [1.29, 1.82) is 0 Å². The molecule has 4 rings (SSSR count). The molecule has 1 aliphatic heterocycles. The Hall–Kier alpha value is -1.82. The van der Waals surface area contributed by atoms with E-state index in [1.165, 1.54) is 12.8 Å². The number of carbonyl (C=O) groups is 2. The van der Waals surface area contributed by atoms with Crippen molar-refractivity contribution in [2.45, 2.75) is 89.4 Å². The van der Waals surface area contributed by atoms with Crippen LogP contribution < -0.4 is 10.6 Å². The lowest BCUT2D eigenvalue weighted by Gasteiger charge is -2.30. The van der Waals surface area contributed by atoms with Gasteiger partial charge in [0.15, 0.2) is 0 Å². The number of likely N-dealkylation sites (tertiary alicyclic amines) is 1. The molecule has 2 saturated carbocycles. The summed E-state index contributed by atoms with van der Waals surface area (Å²) in [5, 5.41) is 6.28. The van der Waals surface area contributed by atoms with Crippen molar-refractivity contribution in [3.05, 3.63) is 24.0 Å². The summed E-state index contributed by atoms with van der Waals surface area (Å²) in [5.41, 5.74) is 0.686. The molecule has 3 fully saturated rings. The van der Waals surface area contributed by atoms with Gasteiger partial charge in [0.05, 0.1) is 5.56 Å². The SMILES string of the molecule is CC(C)(C)n1ccc(C(=O)NC[C@@H]2CC[C@H](CC(=O)NC3CC3)N2CC2CC2)c1. The molecule has 2 heterocycles. The van der Waals surface area contributed by atoms with E-state index in [0.29, 0.717) is 36.7 Å². The van der Waals surface area contributed by atoms with E-state index >= 15 is 0 Å². The van der Waals surface area contributed by atoms with Crippen molar-refractivity contribution < 1.29 is 9.59 Å². The first-order valence-corrected chi connectivity index (χ1v) is 11.3. The van der Waals surface area contributed by atoms with E-state index in [1.807, 2.05) is 18.5 Å². The van der Waals surface area contributed by atoms with Crippen molar-refractivity contribution in [1.82, 2.24) is 20.1 Å². The minimum Gasteiger partial charge on any atom is -0.353 e. The largest absolute Gasteiger partial charge is 0.353 e. The predicted molar refractivity (Wildman–Crippen MR) is 114 cm³/mol. The molecule has 2 atom stereocenters. The van der Waals surface area contributed by atoms with Gasteiger partial charge in [0.25, 0.3) is 5.91 Å². The van der Waals surface area contributed by atoms with Crippen LogP contribution in [0, 0.1) is 5.92 Å². The molecule has 0 unspecified atom stereocenters. The van der Waals surface area contributed by atoms with Crippen molar-refractivity contribution >= 4 is 11.8 Å². The summed E-state index contributed by atoms with van der Waals surface area (Å²) in [7, 11) is 0. The molecule has 1 saturated heterocycles. The lowest BCUT2D eigenvalue weighted by Crippen LogP contribution is -2.45.